The van der Waals surface area contributed by atoms with Crippen LogP contribution in [-0.4, -0.2) is 41.8 Å². The first-order valence-corrected chi connectivity index (χ1v) is 7.99. The van der Waals surface area contributed by atoms with E-state index in [-0.39, 0.29) is 13.6 Å². The lowest BCUT2D eigenvalue weighted by Gasteiger charge is -2.15. The maximum absolute atomic E-state index is 5.30. The van der Waals surface area contributed by atoms with Gasteiger partial charge in [-0.1, -0.05) is 19.6 Å². The van der Waals surface area contributed by atoms with Gasteiger partial charge in [0.2, 0.25) is 0 Å². The average Bonchev–Trinajstić information content (AvgIpc) is 2.01. The van der Waals surface area contributed by atoms with E-state index in [1.165, 1.54) is 0 Å². The molecule has 0 aromatic rings. The molecule has 5 heteroatoms. The monoisotopic (exact) mass is 208 g/mol. The topological polar surface area (TPSA) is 36.9 Å². The Bertz CT molecular complexity index is 113. The minimum absolute atomic E-state index is 0.222. The number of methoxy groups -OCH3 is 1. The van der Waals surface area contributed by atoms with E-state index in [2.05, 4.69) is 24.4 Å². The fourth-order valence-corrected chi connectivity index (χ4v) is 1.31. The van der Waals surface area contributed by atoms with Crippen molar-refractivity contribution >= 4 is 8.07 Å². The molecule has 13 heavy (non-hydrogen) atoms. The second-order valence-electron chi connectivity index (χ2n) is 3.96. The minimum atomic E-state index is -1.10. The molecule has 0 aromatic carbocycles. The Balaban J connectivity index is 3.00. The van der Waals surface area contributed by atoms with Gasteiger partial charge in [-0.25, -0.2) is 0 Å². The predicted molar refractivity (Wildman–Crippen MR) is 53.1 cm³/mol. The van der Waals surface area contributed by atoms with Crippen LogP contribution in [0.1, 0.15) is 0 Å². The lowest BCUT2D eigenvalue weighted by Crippen LogP contribution is -2.28. The lowest BCUT2D eigenvalue weighted by atomic mass is 11.2. The first-order chi connectivity index (χ1) is 6.06. The highest BCUT2D eigenvalue weighted by molar-refractivity contribution is 6.76. The second kappa shape index (κ2) is 7.46. The van der Waals surface area contributed by atoms with Crippen molar-refractivity contribution in [3.05, 3.63) is 0 Å². The summed E-state index contributed by atoms with van der Waals surface area (Å²) in [7, 11) is 0.471. The summed E-state index contributed by atoms with van der Waals surface area (Å²) in [5.74, 6) is 0. The molecule has 0 radical (unpaired) electrons. The number of rotatable bonds is 8. The quantitative estimate of drug-likeness (QED) is 0.343. The summed E-state index contributed by atoms with van der Waals surface area (Å²) < 4.78 is 19.9. The Morgan fingerprint density at radius 3 is 1.92 bits per heavy atom. The molecule has 4 nitrogen and oxygen atoms in total. The summed E-state index contributed by atoms with van der Waals surface area (Å²) in [6, 6.07) is 0. The zero-order valence-electron chi connectivity index (χ0n) is 8.96. The van der Waals surface area contributed by atoms with Gasteiger partial charge >= 0.3 is 0 Å². The van der Waals surface area contributed by atoms with Gasteiger partial charge in [-0.2, -0.15) is 0 Å². The fourth-order valence-electron chi connectivity index (χ4n) is 0.617. The molecule has 0 aromatic heterocycles. The molecule has 0 heterocycles. The Labute approximate surface area is 81.1 Å². The van der Waals surface area contributed by atoms with Crippen LogP contribution in [0, 0.1) is 0 Å². The molecule has 0 saturated heterocycles. The molecule has 0 aliphatic rings. The van der Waals surface area contributed by atoms with E-state index in [1.54, 1.807) is 7.11 Å². The summed E-state index contributed by atoms with van der Waals surface area (Å²) in [5, 5.41) is 0. The van der Waals surface area contributed by atoms with Crippen molar-refractivity contribution in [1.29, 1.82) is 0 Å². The van der Waals surface area contributed by atoms with Gasteiger partial charge in [0.05, 0.1) is 8.07 Å². The van der Waals surface area contributed by atoms with Crippen LogP contribution >= 0.6 is 0 Å². The van der Waals surface area contributed by atoms with E-state index >= 15 is 0 Å². The van der Waals surface area contributed by atoms with E-state index < -0.39 is 8.07 Å². The smallest absolute Gasteiger partial charge is 0.152 e. The molecule has 0 saturated carbocycles. The third-order valence-corrected chi connectivity index (χ3v) is 2.14. The van der Waals surface area contributed by atoms with E-state index in [9.17, 15) is 0 Å². The highest BCUT2D eigenvalue weighted by atomic mass is 28.3. The standard InChI is InChI=1S/C8H20O4Si/c1-9-5-10-6-11-7-12-8-13(2,3)4/h5-8H2,1-4H3. The fraction of sp³-hybridized carbons (Fsp3) is 1.00. The third kappa shape index (κ3) is 12.1. The highest BCUT2D eigenvalue weighted by Gasteiger charge is 2.12. The molecular weight excluding hydrogens is 188 g/mol. The molecule has 0 aliphatic heterocycles. The van der Waals surface area contributed by atoms with E-state index in [0.717, 1.165) is 6.23 Å². The molecule has 0 N–H and O–H groups in total. The zero-order chi connectivity index (χ0) is 10.2. The van der Waals surface area contributed by atoms with Gasteiger partial charge in [0.25, 0.3) is 0 Å². The molecule has 0 fully saturated rings. The molecule has 0 bridgehead atoms. The van der Waals surface area contributed by atoms with Crippen molar-refractivity contribution in [2.45, 2.75) is 19.6 Å². The van der Waals surface area contributed by atoms with Crippen LogP contribution in [0.3, 0.4) is 0 Å². The largest absolute Gasteiger partial charge is 0.359 e. The lowest BCUT2D eigenvalue weighted by molar-refractivity contribution is -0.160. The van der Waals surface area contributed by atoms with Crippen molar-refractivity contribution in [3.63, 3.8) is 0 Å². The molecule has 0 rings (SSSR count). The van der Waals surface area contributed by atoms with Crippen molar-refractivity contribution in [2.24, 2.45) is 0 Å². The van der Waals surface area contributed by atoms with Crippen LogP contribution in [0.5, 0.6) is 0 Å². The SMILES string of the molecule is COCOCOCOC[Si](C)(C)C. The van der Waals surface area contributed by atoms with Gasteiger partial charge in [-0.15, -0.1) is 0 Å². The van der Waals surface area contributed by atoms with Crippen LogP contribution in [0.4, 0.5) is 0 Å². The molecule has 0 aliphatic carbocycles. The Kier molecular flexibility index (Phi) is 7.49. The number of hydrogen-bond donors (Lipinski definition) is 0. The first kappa shape index (κ1) is 13.1. The summed E-state index contributed by atoms with van der Waals surface area (Å²) in [6.07, 6.45) is 0.817. The van der Waals surface area contributed by atoms with Crippen LogP contribution < -0.4 is 0 Å². The van der Waals surface area contributed by atoms with E-state index in [1.807, 2.05) is 0 Å². The Morgan fingerprint density at radius 1 is 0.846 bits per heavy atom. The van der Waals surface area contributed by atoms with E-state index in [0.29, 0.717) is 6.79 Å². The normalized spacial score (nSPS) is 12.0. The van der Waals surface area contributed by atoms with Crippen molar-refractivity contribution in [3.8, 4) is 0 Å². The van der Waals surface area contributed by atoms with Crippen LogP contribution in [0.15, 0.2) is 0 Å². The van der Waals surface area contributed by atoms with Gasteiger partial charge in [-0.05, 0) is 0 Å². The van der Waals surface area contributed by atoms with Gasteiger partial charge in [-0.3, -0.25) is 0 Å². The zero-order valence-corrected chi connectivity index (χ0v) is 9.96. The van der Waals surface area contributed by atoms with Gasteiger partial charge in [0, 0.05) is 13.3 Å². The van der Waals surface area contributed by atoms with Gasteiger partial charge < -0.3 is 18.9 Å². The first-order valence-electron chi connectivity index (χ1n) is 4.28. The molecular formula is C8H20O4Si. The maximum Gasteiger partial charge on any atom is 0.152 e. The molecule has 0 unspecified atom stereocenters. The molecule has 80 valence electrons. The summed E-state index contributed by atoms with van der Waals surface area (Å²) in [5.41, 5.74) is 0. The summed E-state index contributed by atoms with van der Waals surface area (Å²) in [4.78, 5) is 0. The van der Waals surface area contributed by atoms with Crippen molar-refractivity contribution in [1.82, 2.24) is 0 Å². The van der Waals surface area contributed by atoms with Crippen molar-refractivity contribution < 1.29 is 18.9 Å². The Morgan fingerprint density at radius 2 is 1.38 bits per heavy atom. The van der Waals surface area contributed by atoms with Crippen LogP contribution in [0.25, 0.3) is 0 Å². The van der Waals surface area contributed by atoms with Crippen LogP contribution in [0.2, 0.25) is 19.6 Å². The molecule has 0 amide bonds. The highest BCUT2D eigenvalue weighted by Crippen LogP contribution is 2.00. The number of ether oxygens (including phenoxy) is 4. The molecule has 0 spiro atoms. The maximum atomic E-state index is 5.30. The minimum Gasteiger partial charge on any atom is -0.359 e. The molecule has 0 atom stereocenters. The van der Waals surface area contributed by atoms with Gasteiger partial charge in [0.15, 0.2) is 6.79 Å². The third-order valence-electron chi connectivity index (χ3n) is 1.07. The predicted octanol–water partition coefficient (Wildman–Crippen LogP) is 1.43. The number of hydrogen-bond acceptors (Lipinski definition) is 4. The Hall–Kier alpha value is 0.0569. The summed E-state index contributed by atoms with van der Waals surface area (Å²) in [6.45, 7) is 7.51. The van der Waals surface area contributed by atoms with Crippen LogP contribution in [-0.2, 0) is 18.9 Å². The summed E-state index contributed by atoms with van der Waals surface area (Å²) >= 11 is 0. The van der Waals surface area contributed by atoms with Gasteiger partial charge in [0.1, 0.15) is 13.6 Å². The van der Waals surface area contributed by atoms with E-state index in [4.69, 9.17) is 14.2 Å². The second-order valence-corrected chi connectivity index (χ2v) is 9.37. The average molecular weight is 208 g/mol. The van der Waals surface area contributed by atoms with Crippen molar-refractivity contribution in [2.75, 3.05) is 33.7 Å².